The van der Waals surface area contributed by atoms with E-state index < -0.39 is 5.91 Å². The first kappa shape index (κ1) is 20.9. The number of carbonyl (C=O) groups is 1. The van der Waals surface area contributed by atoms with E-state index in [0.717, 1.165) is 0 Å². The van der Waals surface area contributed by atoms with Crippen LogP contribution in [0.25, 0.3) is 6.08 Å². The van der Waals surface area contributed by atoms with Crippen LogP contribution in [0, 0.1) is 11.3 Å². The summed E-state index contributed by atoms with van der Waals surface area (Å²) in [5, 5.41) is 12.4. The van der Waals surface area contributed by atoms with E-state index in [1.54, 1.807) is 24.3 Å². The minimum atomic E-state index is -0.597. The van der Waals surface area contributed by atoms with Gasteiger partial charge in [-0.15, -0.1) is 0 Å². The van der Waals surface area contributed by atoms with Gasteiger partial charge >= 0.3 is 0 Å². The molecule has 1 amide bonds. The third-order valence-corrected chi connectivity index (χ3v) is 4.11. The molecule has 146 valence electrons. The van der Waals surface area contributed by atoms with Gasteiger partial charge in [0.15, 0.2) is 11.5 Å². The summed E-state index contributed by atoms with van der Waals surface area (Å²) < 4.78 is 20.9. The molecular weight excluding hydrogens is 384 g/mol. The van der Waals surface area contributed by atoms with E-state index in [-0.39, 0.29) is 5.57 Å². The number of nitriles is 1. The Hall–Kier alpha value is -3.37. The lowest BCUT2D eigenvalue weighted by atomic mass is 10.1. The number of carbonyl (C=O) groups excluding carboxylic acids is 1. The fourth-order valence-electron chi connectivity index (χ4n) is 2.41. The summed E-state index contributed by atoms with van der Waals surface area (Å²) in [6.45, 7) is 0. The summed E-state index contributed by atoms with van der Waals surface area (Å²) in [5.41, 5.74) is 0.785. The minimum absolute atomic E-state index is 0.127. The standard InChI is InChI=1S/C20H19ClN2O5/c1-25-16-6-5-14(9-15(16)21)23-20(24)13(11-22)7-12-8-18(27-3)19(28-4)10-17(12)26-2/h5-10H,1-4H3,(H,23,24)/b13-7+. The number of hydrogen-bond acceptors (Lipinski definition) is 6. The average Bonchev–Trinajstić information content (AvgIpc) is 2.71. The van der Waals surface area contributed by atoms with Gasteiger partial charge in [0.1, 0.15) is 23.1 Å². The fourth-order valence-corrected chi connectivity index (χ4v) is 2.67. The third-order valence-electron chi connectivity index (χ3n) is 3.81. The third kappa shape index (κ3) is 4.67. The van der Waals surface area contributed by atoms with Crippen LogP contribution >= 0.6 is 11.6 Å². The zero-order valence-electron chi connectivity index (χ0n) is 15.8. The van der Waals surface area contributed by atoms with Crippen LogP contribution in [0.1, 0.15) is 5.56 Å². The van der Waals surface area contributed by atoms with E-state index in [4.69, 9.17) is 30.5 Å². The quantitative estimate of drug-likeness (QED) is 0.557. The Morgan fingerprint density at radius 2 is 1.57 bits per heavy atom. The molecule has 0 fully saturated rings. The number of amides is 1. The lowest BCUT2D eigenvalue weighted by molar-refractivity contribution is -0.112. The van der Waals surface area contributed by atoms with E-state index in [1.165, 1.54) is 40.6 Å². The molecule has 2 rings (SSSR count). The van der Waals surface area contributed by atoms with Crippen molar-refractivity contribution < 1.29 is 23.7 Å². The normalized spacial score (nSPS) is 10.6. The molecule has 0 aliphatic heterocycles. The Morgan fingerprint density at radius 3 is 2.11 bits per heavy atom. The van der Waals surface area contributed by atoms with Gasteiger partial charge in [-0.2, -0.15) is 5.26 Å². The lowest BCUT2D eigenvalue weighted by Crippen LogP contribution is -2.13. The van der Waals surface area contributed by atoms with Crippen LogP contribution in [0.2, 0.25) is 5.02 Å². The lowest BCUT2D eigenvalue weighted by Gasteiger charge is -2.12. The van der Waals surface area contributed by atoms with Crippen molar-refractivity contribution in [3.8, 4) is 29.1 Å². The van der Waals surface area contributed by atoms with Gasteiger partial charge in [0.2, 0.25) is 0 Å². The molecule has 8 heteroatoms. The number of anilines is 1. The smallest absolute Gasteiger partial charge is 0.266 e. The number of methoxy groups -OCH3 is 4. The minimum Gasteiger partial charge on any atom is -0.496 e. The molecular formula is C20H19ClN2O5. The average molecular weight is 403 g/mol. The summed E-state index contributed by atoms with van der Waals surface area (Å²) in [4.78, 5) is 12.5. The first-order valence-electron chi connectivity index (χ1n) is 8.04. The van der Waals surface area contributed by atoms with Crippen molar-refractivity contribution in [3.63, 3.8) is 0 Å². The van der Waals surface area contributed by atoms with E-state index in [9.17, 15) is 10.1 Å². The number of benzene rings is 2. The van der Waals surface area contributed by atoms with E-state index in [0.29, 0.717) is 39.3 Å². The highest BCUT2D eigenvalue weighted by molar-refractivity contribution is 6.32. The van der Waals surface area contributed by atoms with Crippen LogP contribution in [0.5, 0.6) is 23.0 Å². The monoisotopic (exact) mass is 402 g/mol. The maximum absolute atomic E-state index is 12.5. The van der Waals surface area contributed by atoms with Crippen molar-refractivity contribution in [2.75, 3.05) is 33.8 Å². The Bertz CT molecular complexity index is 950. The van der Waals surface area contributed by atoms with Crippen LogP contribution in [0.4, 0.5) is 5.69 Å². The van der Waals surface area contributed by atoms with Gasteiger partial charge in [0, 0.05) is 17.3 Å². The van der Waals surface area contributed by atoms with Crippen LogP contribution < -0.4 is 24.3 Å². The van der Waals surface area contributed by atoms with Crippen molar-refractivity contribution in [3.05, 3.63) is 46.5 Å². The number of rotatable bonds is 7. The van der Waals surface area contributed by atoms with Crippen LogP contribution in [0.15, 0.2) is 35.9 Å². The molecule has 1 N–H and O–H groups in total. The first-order valence-corrected chi connectivity index (χ1v) is 8.41. The largest absolute Gasteiger partial charge is 0.496 e. The summed E-state index contributed by atoms with van der Waals surface area (Å²) in [5.74, 6) is 1.21. The maximum atomic E-state index is 12.5. The molecule has 0 aromatic heterocycles. The molecule has 0 unspecified atom stereocenters. The molecule has 0 bridgehead atoms. The predicted molar refractivity (Wildman–Crippen MR) is 106 cm³/mol. The van der Waals surface area contributed by atoms with Crippen LogP contribution in [0.3, 0.4) is 0 Å². The molecule has 0 radical (unpaired) electrons. The topological polar surface area (TPSA) is 89.8 Å². The molecule has 2 aromatic rings. The highest BCUT2D eigenvalue weighted by Crippen LogP contribution is 2.35. The zero-order chi connectivity index (χ0) is 20.7. The molecule has 28 heavy (non-hydrogen) atoms. The summed E-state index contributed by atoms with van der Waals surface area (Å²) in [6, 6.07) is 9.89. The molecule has 0 saturated carbocycles. The SMILES string of the molecule is COc1ccc(NC(=O)/C(C#N)=C/c2cc(OC)c(OC)cc2OC)cc1Cl. The van der Waals surface area contributed by atoms with E-state index >= 15 is 0 Å². The van der Waals surface area contributed by atoms with Gasteiger partial charge in [-0.25, -0.2) is 0 Å². The van der Waals surface area contributed by atoms with Gasteiger partial charge < -0.3 is 24.3 Å². The van der Waals surface area contributed by atoms with Gasteiger partial charge in [-0.3, -0.25) is 4.79 Å². The predicted octanol–water partition coefficient (Wildman–Crippen LogP) is 3.92. The summed E-state index contributed by atoms with van der Waals surface area (Å²) >= 11 is 6.06. The number of nitrogens with one attached hydrogen (secondary N) is 1. The molecule has 0 atom stereocenters. The number of halogens is 1. The first-order chi connectivity index (χ1) is 13.5. The van der Waals surface area contributed by atoms with Crippen molar-refractivity contribution >= 4 is 29.3 Å². The Kier molecular flexibility index (Phi) is 7.13. The van der Waals surface area contributed by atoms with Gasteiger partial charge in [0.25, 0.3) is 5.91 Å². The second-order valence-electron chi connectivity index (χ2n) is 5.42. The summed E-state index contributed by atoms with van der Waals surface area (Å²) in [6.07, 6.45) is 1.40. The van der Waals surface area contributed by atoms with Crippen molar-refractivity contribution in [2.45, 2.75) is 0 Å². The zero-order valence-corrected chi connectivity index (χ0v) is 16.6. The van der Waals surface area contributed by atoms with Crippen LogP contribution in [-0.2, 0) is 4.79 Å². The van der Waals surface area contributed by atoms with Gasteiger partial charge in [0.05, 0.1) is 33.5 Å². The molecule has 0 saturated heterocycles. The molecule has 0 heterocycles. The number of hydrogen-bond donors (Lipinski definition) is 1. The van der Waals surface area contributed by atoms with E-state index in [2.05, 4.69) is 5.32 Å². The second kappa shape index (κ2) is 9.53. The Balaban J connectivity index is 2.36. The molecule has 0 spiro atoms. The molecule has 2 aromatic carbocycles. The van der Waals surface area contributed by atoms with Crippen molar-refractivity contribution in [1.29, 1.82) is 5.26 Å². The number of nitrogens with zero attached hydrogens (tertiary/aromatic N) is 1. The highest BCUT2D eigenvalue weighted by atomic mass is 35.5. The fraction of sp³-hybridized carbons (Fsp3) is 0.200. The van der Waals surface area contributed by atoms with Crippen molar-refractivity contribution in [1.82, 2.24) is 0 Å². The Morgan fingerprint density at radius 1 is 0.964 bits per heavy atom. The highest BCUT2D eigenvalue weighted by Gasteiger charge is 2.15. The summed E-state index contributed by atoms with van der Waals surface area (Å²) in [7, 11) is 5.96. The van der Waals surface area contributed by atoms with Gasteiger partial charge in [-0.1, -0.05) is 11.6 Å². The van der Waals surface area contributed by atoms with Crippen LogP contribution in [-0.4, -0.2) is 34.3 Å². The van der Waals surface area contributed by atoms with Gasteiger partial charge in [-0.05, 0) is 30.3 Å². The Labute approximate surface area is 168 Å². The molecule has 7 nitrogen and oxygen atoms in total. The number of ether oxygens (including phenoxy) is 4. The molecule has 0 aliphatic carbocycles. The maximum Gasteiger partial charge on any atom is 0.266 e. The molecule has 0 aliphatic rings. The van der Waals surface area contributed by atoms with Crippen molar-refractivity contribution in [2.24, 2.45) is 0 Å². The second-order valence-corrected chi connectivity index (χ2v) is 5.83. The van der Waals surface area contributed by atoms with E-state index in [1.807, 2.05) is 6.07 Å².